The molecule has 0 fully saturated rings. The summed E-state index contributed by atoms with van der Waals surface area (Å²) in [5.41, 5.74) is 1.65. The van der Waals surface area contributed by atoms with Crippen LogP contribution in [0, 0.1) is 0 Å². The van der Waals surface area contributed by atoms with E-state index >= 15 is 0 Å². The van der Waals surface area contributed by atoms with Gasteiger partial charge in [0.15, 0.2) is 11.0 Å². The van der Waals surface area contributed by atoms with Crippen LogP contribution in [-0.2, 0) is 0 Å². The van der Waals surface area contributed by atoms with Gasteiger partial charge in [0.25, 0.3) is 0 Å². The van der Waals surface area contributed by atoms with E-state index in [1.807, 2.05) is 44.2 Å². The summed E-state index contributed by atoms with van der Waals surface area (Å²) in [5.74, 6) is 0.787. The van der Waals surface area contributed by atoms with Gasteiger partial charge in [-0.05, 0) is 47.4 Å². The van der Waals surface area contributed by atoms with Crippen molar-refractivity contribution in [2.24, 2.45) is 0 Å². The fourth-order valence-corrected chi connectivity index (χ4v) is 3.81. The highest BCUT2D eigenvalue weighted by Crippen LogP contribution is 2.39. The van der Waals surface area contributed by atoms with E-state index in [-0.39, 0.29) is 6.10 Å². The molecule has 2 aromatic carbocycles. The van der Waals surface area contributed by atoms with E-state index in [1.165, 1.54) is 18.8 Å². The number of hydrogen-bond acceptors (Lipinski definition) is 8. The van der Waals surface area contributed by atoms with Gasteiger partial charge in [-0.1, -0.05) is 64.4 Å². The summed E-state index contributed by atoms with van der Waals surface area (Å²) in [7, 11) is 3.16. The van der Waals surface area contributed by atoms with E-state index in [4.69, 9.17) is 14.5 Å². The molecule has 0 aliphatic heterocycles. The van der Waals surface area contributed by atoms with Crippen molar-refractivity contribution in [2.75, 3.05) is 19.2 Å². The number of aromatic nitrogens is 2. The van der Waals surface area contributed by atoms with Gasteiger partial charge >= 0.3 is 0 Å². The van der Waals surface area contributed by atoms with Crippen LogP contribution in [0.3, 0.4) is 0 Å². The molecule has 0 saturated heterocycles. The zero-order chi connectivity index (χ0) is 23.2. The van der Waals surface area contributed by atoms with Crippen LogP contribution < -0.4 is 9.80 Å². The fraction of sp³-hybridized carbons (Fsp3) is 0.478. The van der Waals surface area contributed by atoms with Crippen molar-refractivity contribution in [1.82, 2.24) is 10.3 Å². The third-order valence-corrected chi connectivity index (χ3v) is 5.35. The number of ether oxygens (including phenoxy) is 1. The minimum Gasteiger partial charge on any atom is -0.496 e. The van der Waals surface area contributed by atoms with E-state index in [0.29, 0.717) is 16.7 Å². The lowest BCUT2D eigenvalue weighted by molar-refractivity contribution is 0.153. The number of aliphatic hydroxyl groups is 1. The Bertz CT molecular complexity index is 880. The number of anilines is 1. The Morgan fingerprint density at radius 1 is 1.00 bits per heavy atom. The maximum absolute atomic E-state index is 9.60. The van der Waals surface area contributed by atoms with E-state index in [0.717, 1.165) is 46.3 Å². The zero-order valence-corrected chi connectivity index (χ0v) is 20.1. The summed E-state index contributed by atoms with van der Waals surface area (Å²) in [6.45, 7) is 8.19. The van der Waals surface area contributed by atoms with Gasteiger partial charge in [0.1, 0.15) is 5.75 Å². The SMILES string of the molecule is CC.CCCC(O)CCC.COc1ccccc1Sc1ccc(N(C)O)c2nonc12. The van der Waals surface area contributed by atoms with E-state index in [1.54, 1.807) is 13.2 Å². The van der Waals surface area contributed by atoms with Crippen LogP contribution in [0.2, 0.25) is 0 Å². The van der Waals surface area contributed by atoms with Crippen molar-refractivity contribution in [3.05, 3.63) is 36.4 Å². The monoisotopic (exact) mass is 449 g/mol. The quantitative estimate of drug-likeness (QED) is 0.394. The van der Waals surface area contributed by atoms with Crippen molar-refractivity contribution in [3.8, 4) is 5.75 Å². The highest BCUT2D eigenvalue weighted by atomic mass is 32.2. The first kappa shape index (κ1) is 26.7. The zero-order valence-electron chi connectivity index (χ0n) is 19.3. The summed E-state index contributed by atoms with van der Waals surface area (Å²) < 4.78 is 10.2. The first-order valence-electron chi connectivity index (χ1n) is 10.7. The molecule has 0 saturated carbocycles. The van der Waals surface area contributed by atoms with Gasteiger partial charge in [-0.3, -0.25) is 10.3 Å². The predicted octanol–water partition coefficient (Wildman–Crippen LogP) is 6.18. The average molecular weight is 450 g/mol. The summed E-state index contributed by atoms with van der Waals surface area (Å²) >= 11 is 1.51. The second-order valence-electron chi connectivity index (χ2n) is 6.55. The number of methoxy groups -OCH3 is 1. The first-order chi connectivity index (χ1) is 15.0. The van der Waals surface area contributed by atoms with Gasteiger partial charge in [-0.15, -0.1) is 0 Å². The fourth-order valence-electron chi connectivity index (χ4n) is 2.81. The Morgan fingerprint density at radius 2 is 1.61 bits per heavy atom. The van der Waals surface area contributed by atoms with Crippen LogP contribution in [0.1, 0.15) is 53.4 Å². The molecule has 172 valence electrons. The molecule has 1 aromatic heterocycles. The number of para-hydroxylation sites is 1. The summed E-state index contributed by atoms with van der Waals surface area (Å²) in [5, 5.41) is 27.4. The highest BCUT2D eigenvalue weighted by molar-refractivity contribution is 7.99. The second kappa shape index (κ2) is 14.7. The Morgan fingerprint density at radius 3 is 2.19 bits per heavy atom. The molecule has 0 radical (unpaired) electrons. The normalized spacial score (nSPS) is 10.2. The number of hydrogen-bond donors (Lipinski definition) is 2. The maximum atomic E-state index is 9.60. The van der Waals surface area contributed by atoms with Gasteiger partial charge < -0.3 is 9.84 Å². The average Bonchev–Trinajstić information content (AvgIpc) is 3.27. The molecule has 2 N–H and O–H groups in total. The maximum Gasteiger partial charge on any atom is 0.161 e. The van der Waals surface area contributed by atoms with Crippen LogP contribution in [0.4, 0.5) is 5.69 Å². The lowest BCUT2D eigenvalue weighted by atomic mass is 10.1. The number of hydroxylamine groups is 1. The molecule has 1 heterocycles. The number of rotatable bonds is 8. The lowest BCUT2D eigenvalue weighted by Crippen LogP contribution is -2.10. The van der Waals surface area contributed by atoms with Crippen molar-refractivity contribution in [1.29, 1.82) is 0 Å². The molecule has 0 amide bonds. The van der Waals surface area contributed by atoms with E-state index in [2.05, 4.69) is 24.2 Å². The molecule has 0 aliphatic rings. The lowest BCUT2D eigenvalue weighted by Gasteiger charge is -2.12. The number of fused-ring (bicyclic) bond motifs is 1. The van der Waals surface area contributed by atoms with Crippen molar-refractivity contribution < 1.29 is 19.7 Å². The van der Waals surface area contributed by atoms with Crippen LogP contribution >= 0.6 is 11.8 Å². The van der Waals surface area contributed by atoms with Crippen molar-refractivity contribution in [2.45, 2.75) is 69.3 Å². The van der Waals surface area contributed by atoms with Crippen LogP contribution in [-0.4, -0.2) is 40.9 Å². The van der Waals surface area contributed by atoms with E-state index < -0.39 is 0 Å². The van der Waals surface area contributed by atoms with Gasteiger partial charge in [0.05, 0.1) is 23.8 Å². The Balaban J connectivity index is 0.000000409. The van der Waals surface area contributed by atoms with Crippen LogP contribution in [0.15, 0.2) is 50.8 Å². The molecule has 31 heavy (non-hydrogen) atoms. The molecule has 0 atom stereocenters. The molecule has 0 unspecified atom stereocenters. The van der Waals surface area contributed by atoms with Gasteiger partial charge in [0.2, 0.25) is 0 Å². The third kappa shape index (κ3) is 8.05. The molecule has 3 rings (SSSR count). The van der Waals surface area contributed by atoms with Crippen molar-refractivity contribution >= 4 is 28.5 Å². The van der Waals surface area contributed by atoms with Crippen molar-refractivity contribution in [3.63, 3.8) is 0 Å². The smallest absolute Gasteiger partial charge is 0.161 e. The van der Waals surface area contributed by atoms with E-state index in [9.17, 15) is 5.21 Å². The number of nitrogens with zero attached hydrogens (tertiary/aromatic N) is 3. The Hall–Kier alpha value is -2.29. The molecule has 0 bridgehead atoms. The molecule has 0 spiro atoms. The van der Waals surface area contributed by atoms with Crippen LogP contribution in [0.25, 0.3) is 11.0 Å². The van der Waals surface area contributed by atoms with Gasteiger partial charge in [-0.2, -0.15) is 0 Å². The summed E-state index contributed by atoms with van der Waals surface area (Å²) in [4.78, 5) is 1.84. The standard InChI is InChI=1S/C14H13N3O3S.C7H16O.C2H6/c1-17(18)9-7-8-12(14-13(9)15-20-16-14)21-11-6-4-3-5-10(11)19-2;1-3-5-7(8)6-4-2;1-2/h3-8,18H,1-2H3;7-8H,3-6H2,1-2H3;1-2H3. The summed E-state index contributed by atoms with van der Waals surface area (Å²) in [6.07, 6.45) is 4.09. The largest absolute Gasteiger partial charge is 0.496 e. The van der Waals surface area contributed by atoms with Gasteiger partial charge in [0, 0.05) is 11.9 Å². The first-order valence-corrected chi connectivity index (χ1v) is 11.5. The Kier molecular flexibility index (Phi) is 12.7. The highest BCUT2D eigenvalue weighted by Gasteiger charge is 2.15. The third-order valence-electron chi connectivity index (χ3n) is 4.24. The number of aliphatic hydroxyl groups excluding tert-OH is 1. The molecule has 3 aromatic rings. The predicted molar refractivity (Wildman–Crippen MR) is 126 cm³/mol. The second-order valence-corrected chi connectivity index (χ2v) is 7.64. The summed E-state index contributed by atoms with van der Waals surface area (Å²) in [6, 6.07) is 11.4. The Labute approximate surface area is 189 Å². The minimum atomic E-state index is -0.0370. The minimum absolute atomic E-state index is 0.0370. The molecular weight excluding hydrogens is 414 g/mol. The molecule has 7 nitrogen and oxygen atoms in total. The van der Waals surface area contributed by atoms with Gasteiger partial charge in [-0.25, -0.2) is 4.63 Å². The molecule has 0 aliphatic carbocycles. The molecular formula is C23H35N3O4S. The number of benzene rings is 2. The molecule has 8 heteroatoms. The van der Waals surface area contributed by atoms with Crippen LogP contribution in [0.5, 0.6) is 5.75 Å². The topological polar surface area (TPSA) is 91.9 Å².